The Morgan fingerprint density at radius 3 is 1.96 bits per heavy atom. The topological polar surface area (TPSA) is 93.8 Å². The molecule has 0 aliphatic carbocycles. The second kappa shape index (κ2) is 21.5. The summed E-state index contributed by atoms with van der Waals surface area (Å²) in [5.74, 6) is 0. The predicted molar refractivity (Wildman–Crippen MR) is 121 cm³/mol. The van der Waals surface area contributed by atoms with Gasteiger partial charge in [-0.2, -0.15) is 0 Å². The number of hydrogen-bond acceptors (Lipinski definition) is 6. The van der Waals surface area contributed by atoms with Gasteiger partial charge in [-0.25, -0.2) is 0 Å². The van der Waals surface area contributed by atoms with Crippen molar-refractivity contribution in [3.05, 3.63) is 0 Å². The van der Waals surface area contributed by atoms with Crippen molar-refractivity contribution in [2.45, 2.75) is 90.3 Å². The van der Waals surface area contributed by atoms with Gasteiger partial charge in [0.05, 0.1) is 12.2 Å². The van der Waals surface area contributed by atoms with Crippen LogP contribution in [-0.2, 0) is 0 Å². The summed E-state index contributed by atoms with van der Waals surface area (Å²) >= 11 is 0. The van der Waals surface area contributed by atoms with E-state index in [9.17, 15) is 10.2 Å². The van der Waals surface area contributed by atoms with E-state index >= 15 is 0 Å². The van der Waals surface area contributed by atoms with Crippen LogP contribution in [0.15, 0.2) is 0 Å². The summed E-state index contributed by atoms with van der Waals surface area (Å²) in [6, 6.07) is 0. The maximum absolute atomic E-state index is 10.2. The number of aliphatic hydroxyl groups is 2. The molecule has 0 aliphatic rings. The van der Waals surface area contributed by atoms with Gasteiger partial charge < -0.3 is 26.6 Å². The predicted octanol–water partition coefficient (Wildman–Crippen LogP) is 2.09. The maximum Gasteiger partial charge on any atom is 0.0667 e. The van der Waals surface area contributed by atoms with E-state index in [0.29, 0.717) is 19.6 Å². The monoisotopic (exact) mass is 402 g/mol. The molecule has 6 heteroatoms. The van der Waals surface area contributed by atoms with Gasteiger partial charge in [-0.1, -0.05) is 65.2 Å². The zero-order valence-corrected chi connectivity index (χ0v) is 18.8. The summed E-state index contributed by atoms with van der Waals surface area (Å²) in [6.07, 6.45) is 11.0. The van der Waals surface area contributed by atoms with E-state index in [1.54, 1.807) is 0 Å². The Kier molecular flexibility index (Phi) is 21.3. The van der Waals surface area contributed by atoms with Crippen molar-refractivity contribution in [1.82, 2.24) is 15.5 Å². The second-order valence-electron chi connectivity index (χ2n) is 8.05. The zero-order valence-electron chi connectivity index (χ0n) is 18.8. The van der Waals surface area contributed by atoms with E-state index < -0.39 is 0 Å². The van der Waals surface area contributed by atoms with Crippen molar-refractivity contribution in [1.29, 1.82) is 0 Å². The minimum Gasteiger partial charge on any atom is -0.392 e. The summed E-state index contributed by atoms with van der Waals surface area (Å²) < 4.78 is 0. The smallest absolute Gasteiger partial charge is 0.0667 e. The summed E-state index contributed by atoms with van der Waals surface area (Å²) in [6.45, 7) is 10.8. The SMILES string of the molecule is CCCCCCC(O)CNCCNCCN(CCN)CC(O)CCCCCC. The van der Waals surface area contributed by atoms with E-state index in [-0.39, 0.29) is 12.2 Å². The lowest BCUT2D eigenvalue weighted by Gasteiger charge is -2.24. The lowest BCUT2D eigenvalue weighted by Crippen LogP contribution is -2.41. The number of unbranched alkanes of at least 4 members (excludes halogenated alkanes) is 6. The number of nitrogens with two attached hydrogens (primary N) is 1. The standard InChI is InChI=1S/C22H50N4O2/c1-3-5-7-9-11-21(27)19-25-15-14-24-16-18-26(17-13-23)20-22(28)12-10-8-6-4-2/h21-22,24-25,27-28H,3-20,23H2,1-2H3. The summed E-state index contributed by atoms with van der Waals surface area (Å²) in [5.41, 5.74) is 5.72. The molecule has 0 fully saturated rings. The van der Waals surface area contributed by atoms with E-state index in [2.05, 4.69) is 29.4 Å². The lowest BCUT2D eigenvalue weighted by atomic mass is 10.1. The van der Waals surface area contributed by atoms with Gasteiger partial charge >= 0.3 is 0 Å². The summed E-state index contributed by atoms with van der Waals surface area (Å²) in [4.78, 5) is 2.25. The van der Waals surface area contributed by atoms with Gasteiger partial charge in [0.25, 0.3) is 0 Å². The van der Waals surface area contributed by atoms with Crippen LogP contribution in [0, 0.1) is 0 Å². The molecule has 2 atom stereocenters. The molecule has 0 bridgehead atoms. The number of nitrogens with zero attached hydrogens (tertiary/aromatic N) is 1. The molecule has 0 heterocycles. The Morgan fingerprint density at radius 1 is 0.750 bits per heavy atom. The van der Waals surface area contributed by atoms with Crippen LogP contribution in [-0.4, -0.2) is 79.7 Å². The minimum atomic E-state index is -0.246. The number of hydrogen-bond donors (Lipinski definition) is 5. The first kappa shape index (κ1) is 27.8. The van der Waals surface area contributed by atoms with Crippen LogP contribution in [0.3, 0.4) is 0 Å². The van der Waals surface area contributed by atoms with Crippen LogP contribution < -0.4 is 16.4 Å². The highest BCUT2D eigenvalue weighted by molar-refractivity contribution is 4.67. The fourth-order valence-corrected chi connectivity index (χ4v) is 3.39. The average Bonchev–Trinajstić information content (AvgIpc) is 2.68. The van der Waals surface area contributed by atoms with Crippen molar-refractivity contribution in [3.63, 3.8) is 0 Å². The molecular formula is C22H50N4O2. The fourth-order valence-electron chi connectivity index (χ4n) is 3.39. The van der Waals surface area contributed by atoms with Gasteiger partial charge in [0.15, 0.2) is 0 Å². The first-order valence-corrected chi connectivity index (χ1v) is 11.8. The second-order valence-corrected chi connectivity index (χ2v) is 8.05. The Balaban J connectivity index is 3.64. The molecule has 170 valence electrons. The van der Waals surface area contributed by atoms with Crippen LogP contribution in [0.1, 0.15) is 78.1 Å². The van der Waals surface area contributed by atoms with E-state index in [4.69, 9.17) is 5.73 Å². The molecule has 28 heavy (non-hydrogen) atoms. The molecule has 6 N–H and O–H groups in total. The molecule has 0 aromatic rings. The van der Waals surface area contributed by atoms with Crippen LogP contribution >= 0.6 is 0 Å². The molecule has 0 radical (unpaired) electrons. The van der Waals surface area contributed by atoms with Crippen molar-refractivity contribution < 1.29 is 10.2 Å². The normalized spacial score (nSPS) is 13.9. The number of aliphatic hydroxyl groups excluding tert-OH is 2. The van der Waals surface area contributed by atoms with Crippen LogP contribution in [0.25, 0.3) is 0 Å². The van der Waals surface area contributed by atoms with Crippen molar-refractivity contribution in [2.24, 2.45) is 5.73 Å². The van der Waals surface area contributed by atoms with Gasteiger partial charge in [-0.15, -0.1) is 0 Å². The fraction of sp³-hybridized carbons (Fsp3) is 1.00. The van der Waals surface area contributed by atoms with E-state index in [1.165, 1.54) is 38.5 Å². The largest absolute Gasteiger partial charge is 0.392 e. The first-order valence-electron chi connectivity index (χ1n) is 11.8. The third-order valence-electron chi connectivity index (χ3n) is 5.16. The third-order valence-corrected chi connectivity index (χ3v) is 5.16. The first-order chi connectivity index (χ1) is 13.6. The number of rotatable bonds is 22. The van der Waals surface area contributed by atoms with Gasteiger partial charge in [0.2, 0.25) is 0 Å². The third kappa shape index (κ3) is 19.1. The lowest BCUT2D eigenvalue weighted by molar-refractivity contribution is 0.104. The maximum atomic E-state index is 10.2. The van der Waals surface area contributed by atoms with Gasteiger partial charge in [-0.3, -0.25) is 4.90 Å². The Hall–Kier alpha value is -0.240. The Labute approximate surface area is 174 Å². The zero-order chi connectivity index (χ0) is 20.9. The molecule has 0 amide bonds. The molecule has 0 rings (SSSR count). The molecule has 6 nitrogen and oxygen atoms in total. The van der Waals surface area contributed by atoms with Crippen molar-refractivity contribution >= 4 is 0 Å². The molecule has 0 aliphatic heterocycles. The van der Waals surface area contributed by atoms with E-state index in [0.717, 1.165) is 58.4 Å². The highest BCUT2D eigenvalue weighted by atomic mass is 16.3. The van der Waals surface area contributed by atoms with Crippen LogP contribution in [0.5, 0.6) is 0 Å². The van der Waals surface area contributed by atoms with Gasteiger partial charge in [-0.05, 0) is 12.8 Å². The van der Waals surface area contributed by atoms with Gasteiger partial charge in [0.1, 0.15) is 0 Å². The summed E-state index contributed by atoms with van der Waals surface area (Å²) in [5, 5.41) is 26.9. The molecule has 0 spiro atoms. The minimum absolute atomic E-state index is 0.226. The highest BCUT2D eigenvalue weighted by Crippen LogP contribution is 2.07. The number of nitrogens with one attached hydrogen (secondary N) is 2. The summed E-state index contributed by atoms with van der Waals surface area (Å²) in [7, 11) is 0. The van der Waals surface area contributed by atoms with Gasteiger partial charge in [0, 0.05) is 52.4 Å². The van der Waals surface area contributed by atoms with Crippen LogP contribution in [0.2, 0.25) is 0 Å². The molecule has 0 saturated carbocycles. The molecule has 2 unspecified atom stereocenters. The Morgan fingerprint density at radius 2 is 1.36 bits per heavy atom. The molecular weight excluding hydrogens is 352 g/mol. The van der Waals surface area contributed by atoms with E-state index in [1.807, 2.05) is 0 Å². The van der Waals surface area contributed by atoms with Crippen LogP contribution in [0.4, 0.5) is 0 Å². The average molecular weight is 403 g/mol. The molecule has 0 aromatic heterocycles. The quantitative estimate of drug-likeness (QED) is 0.178. The highest BCUT2D eigenvalue weighted by Gasteiger charge is 2.10. The van der Waals surface area contributed by atoms with Crippen molar-refractivity contribution in [3.8, 4) is 0 Å². The molecule has 0 saturated heterocycles. The molecule has 0 aromatic carbocycles. The van der Waals surface area contributed by atoms with Crippen molar-refractivity contribution in [2.75, 3.05) is 52.4 Å². The Bertz CT molecular complexity index is 308.